The summed E-state index contributed by atoms with van der Waals surface area (Å²) in [7, 11) is 1.56. The second-order valence-electron chi connectivity index (χ2n) is 4.80. The zero-order valence-corrected chi connectivity index (χ0v) is 12.5. The average Bonchev–Trinajstić information content (AvgIpc) is 2.93. The molecule has 2 heterocycles. The van der Waals surface area contributed by atoms with Crippen LogP contribution in [0.2, 0.25) is 0 Å². The first-order valence-corrected chi connectivity index (χ1v) is 6.95. The Kier molecular flexibility index (Phi) is 4.20. The molecule has 0 aliphatic heterocycles. The molecule has 7 nitrogen and oxygen atoms in total. The van der Waals surface area contributed by atoms with Gasteiger partial charge in [-0.25, -0.2) is 14.8 Å². The molecule has 1 N–H and O–H groups in total. The zero-order chi connectivity index (χ0) is 16.2. The molecular weight excluding hydrogens is 298 g/mol. The van der Waals surface area contributed by atoms with E-state index in [2.05, 4.69) is 9.97 Å². The summed E-state index contributed by atoms with van der Waals surface area (Å²) in [5, 5.41) is 8.70. The highest BCUT2D eigenvalue weighted by atomic mass is 16.5. The molecule has 0 atom stereocenters. The Bertz CT molecular complexity index is 827. The molecule has 2 aromatic heterocycles. The van der Waals surface area contributed by atoms with Gasteiger partial charge >= 0.3 is 5.97 Å². The van der Waals surface area contributed by atoms with E-state index in [0.717, 1.165) is 16.7 Å². The fraction of sp³-hybridized carbons (Fsp3) is 0.188. The molecule has 0 aliphatic carbocycles. The van der Waals surface area contributed by atoms with Gasteiger partial charge in [0.25, 0.3) is 0 Å². The number of aliphatic carboxylic acids is 1. The Morgan fingerprint density at radius 1 is 1.26 bits per heavy atom. The molecule has 23 heavy (non-hydrogen) atoms. The third-order valence-electron chi connectivity index (χ3n) is 3.28. The van der Waals surface area contributed by atoms with Gasteiger partial charge < -0.3 is 14.6 Å². The van der Waals surface area contributed by atoms with Gasteiger partial charge in [0, 0.05) is 6.07 Å². The highest BCUT2D eigenvalue weighted by Gasteiger charge is 2.13. The summed E-state index contributed by atoms with van der Waals surface area (Å²) >= 11 is 0. The van der Waals surface area contributed by atoms with E-state index in [4.69, 9.17) is 14.6 Å². The Balaban J connectivity index is 2.02. The van der Waals surface area contributed by atoms with Gasteiger partial charge in [-0.05, 0) is 18.2 Å². The van der Waals surface area contributed by atoms with Gasteiger partial charge in [-0.3, -0.25) is 4.57 Å². The number of imidazole rings is 1. The Morgan fingerprint density at radius 3 is 2.78 bits per heavy atom. The van der Waals surface area contributed by atoms with Crippen molar-refractivity contribution in [3.05, 3.63) is 48.4 Å². The minimum Gasteiger partial charge on any atom is -0.481 e. The summed E-state index contributed by atoms with van der Waals surface area (Å²) in [6, 6.07) is 11.3. The molecule has 3 aromatic rings. The van der Waals surface area contributed by atoms with Crippen molar-refractivity contribution in [2.24, 2.45) is 0 Å². The van der Waals surface area contributed by atoms with Crippen molar-refractivity contribution in [2.45, 2.75) is 6.61 Å². The Morgan fingerprint density at radius 2 is 2.09 bits per heavy atom. The molecule has 0 amide bonds. The third-order valence-corrected chi connectivity index (χ3v) is 3.28. The fourth-order valence-electron chi connectivity index (χ4n) is 2.32. The molecular formula is C16H15N3O4. The second-order valence-corrected chi connectivity index (χ2v) is 4.80. The van der Waals surface area contributed by atoms with E-state index in [1.807, 2.05) is 34.9 Å². The maximum Gasteiger partial charge on any atom is 0.329 e. The van der Waals surface area contributed by atoms with E-state index in [1.54, 1.807) is 19.4 Å². The number of methoxy groups -OCH3 is 1. The number of hydrogen-bond donors (Lipinski definition) is 1. The summed E-state index contributed by atoms with van der Waals surface area (Å²) in [6.45, 7) is -0.281. The zero-order valence-electron chi connectivity index (χ0n) is 12.5. The first-order valence-electron chi connectivity index (χ1n) is 6.95. The molecule has 118 valence electrons. The van der Waals surface area contributed by atoms with Gasteiger partial charge in [0.2, 0.25) is 5.88 Å². The van der Waals surface area contributed by atoms with Crippen LogP contribution in [0.5, 0.6) is 5.88 Å². The molecule has 7 heteroatoms. The topological polar surface area (TPSA) is 86.5 Å². The SMILES string of the molecule is COc1ccc(-n2c(COCC(=O)O)nc3ccccc32)cn1. The van der Waals surface area contributed by atoms with Crippen LogP contribution in [0.3, 0.4) is 0 Å². The number of pyridine rings is 1. The summed E-state index contributed by atoms with van der Waals surface area (Å²) in [6.07, 6.45) is 1.67. The van der Waals surface area contributed by atoms with Crippen LogP contribution in [0.25, 0.3) is 16.7 Å². The maximum absolute atomic E-state index is 10.6. The lowest BCUT2D eigenvalue weighted by Gasteiger charge is -2.09. The van der Waals surface area contributed by atoms with Crippen LogP contribution in [0.15, 0.2) is 42.6 Å². The van der Waals surface area contributed by atoms with Crippen LogP contribution in [0, 0.1) is 0 Å². The lowest BCUT2D eigenvalue weighted by atomic mass is 10.3. The standard InChI is InChI=1S/C16H15N3O4/c1-22-15-7-6-11(8-17-15)19-13-5-3-2-4-12(13)18-14(19)9-23-10-16(20)21/h2-8H,9-10H2,1H3,(H,20,21). The Labute approximate surface area is 132 Å². The van der Waals surface area contributed by atoms with E-state index < -0.39 is 5.97 Å². The number of aromatic nitrogens is 3. The molecule has 0 bridgehead atoms. The van der Waals surface area contributed by atoms with E-state index in [-0.39, 0.29) is 13.2 Å². The van der Waals surface area contributed by atoms with Crippen LogP contribution in [-0.4, -0.2) is 39.3 Å². The van der Waals surface area contributed by atoms with Gasteiger partial charge in [-0.15, -0.1) is 0 Å². The monoisotopic (exact) mass is 313 g/mol. The second kappa shape index (κ2) is 6.45. The van der Waals surface area contributed by atoms with Gasteiger partial charge in [0.05, 0.1) is 30.0 Å². The summed E-state index contributed by atoms with van der Waals surface area (Å²) in [5.41, 5.74) is 2.50. The first-order chi connectivity index (χ1) is 11.2. The molecule has 0 spiro atoms. The minimum absolute atomic E-state index is 0.0903. The molecule has 0 unspecified atom stereocenters. The van der Waals surface area contributed by atoms with Crippen LogP contribution in [0.1, 0.15) is 5.82 Å². The van der Waals surface area contributed by atoms with Crippen LogP contribution in [0.4, 0.5) is 0 Å². The van der Waals surface area contributed by atoms with Crippen LogP contribution in [-0.2, 0) is 16.1 Å². The number of rotatable bonds is 6. The predicted molar refractivity (Wildman–Crippen MR) is 82.7 cm³/mol. The van der Waals surface area contributed by atoms with E-state index in [9.17, 15) is 4.79 Å². The molecule has 1 aromatic carbocycles. The highest BCUT2D eigenvalue weighted by molar-refractivity contribution is 5.78. The van der Waals surface area contributed by atoms with Crippen molar-refractivity contribution in [3.8, 4) is 11.6 Å². The minimum atomic E-state index is -1.02. The number of carboxylic acids is 1. The van der Waals surface area contributed by atoms with Crippen molar-refractivity contribution in [3.63, 3.8) is 0 Å². The highest BCUT2D eigenvalue weighted by Crippen LogP contribution is 2.22. The lowest BCUT2D eigenvalue weighted by molar-refractivity contribution is -0.142. The van der Waals surface area contributed by atoms with Crippen molar-refractivity contribution in [2.75, 3.05) is 13.7 Å². The van der Waals surface area contributed by atoms with Gasteiger partial charge in [0.1, 0.15) is 19.0 Å². The summed E-state index contributed by atoms with van der Waals surface area (Å²) in [4.78, 5) is 19.3. The molecule has 0 aliphatic rings. The molecule has 0 saturated heterocycles. The Hall–Kier alpha value is -2.93. The number of ether oxygens (including phenoxy) is 2. The number of nitrogens with zero attached hydrogens (tertiary/aromatic N) is 3. The van der Waals surface area contributed by atoms with Gasteiger partial charge in [-0.1, -0.05) is 12.1 Å². The number of para-hydroxylation sites is 2. The van der Waals surface area contributed by atoms with Crippen molar-refractivity contribution >= 4 is 17.0 Å². The van der Waals surface area contributed by atoms with E-state index in [1.165, 1.54) is 0 Å². The largest absolute Gasteiger partial charge is 0.481 e. The number of hydrogen-bond acceptors (Lipinski definition) is 5. The number of benzene rings is 1. The predicted octanol–water partition coefficient (Wildman–Crippen LogP) is 2.03. The molecule has 0 saturated carbocycles. The number of carboxylic acid groups (broad SMARTS) is 1. The van der Waals surface area contributed by atoms with Crippen molar-refractivity contribution < 1.29 is 19.4 Å². The number of fused-ring (bicyclic) bond motifs is 1. The molecule has 3 rings (SSSR count). The summed E-state index contributed by atoms with van der Waals surface area (Å²) in [5.74, 6) is 0.111. The fourth-order valence-corrected chi connectivity index (χ4v) is 2.32. The molecule has 0 fully saturated rings. The normalized spacial score (nSPS) is 10.8. The summed E-state index contributed by atoms with van der Waals surface area (Å²) < 4.78 is 12.2. The van der Waals surface area contributed by atoms with Gasteiger partial charge in [0.15, 0.2) is 0 Å². The first kappa shape index (κ1) is 15.0. The molecule has 0 radical (unpaired) electrons. The van der Waals surface area contributed by atoms with E-state index >= 15 is 0 Å². The van der Waals surface area contributed by atoms with E-state index in [0.29, 0.717) is 11.7 Å². The number of carbonyl (C=O) groups is 1. The smallest absolute Gasteiger partial charge is 0.329 e. The maximum atomic E-state index is 10.6. The van der Waals surface area contributed by atoms with Crippen LogP contribution >= 0.6 is 0 Å². The third kappa shape index (κ3) is 3.14. The van der Waals surface area contributed by atoms with Crippen LogP contribution < -0.4 is 4.74 Å². The quantitative estimate of drug-likeness (QED) is 0.749. The van der Waals surface area contributed by atoms with Crippen molar-refractivity contribution in [1.29, 1.82) is 0 Å². The lowest BCUT2D eigenvalue weighted by Crippen LogP contribution is -2.10. The van der Waals surface area contributed by atoms with Crippen molar-refractivity contribution in [1.82, 2.24) is 14.5 Å². The van der Waals surface area contributed by atoms with Gasteiger partial charge in [-0.2, -0.15) is 0 Å². The average molecular weight is 313 g/mol.